The third kappa shape index (κ3) is 1.74. The van der Waals surface area contributed by atoms with E-state index < -0.39 is 6.16 Å². The number of carboxylic acid groups (broad SMARTS) is 1. The number of aromatic nitrogens is 1. The quantitative estimate of drug-likeness (QED) is 0.691. The largest absolute Gasteiger partial charge is 0.513 e. The molecule has 0 aromatic carbocycles. The second-order valence-electron chi connectivity index (χ2n) is 2.43. The fourth-order valence-corrected chi connectivity index (χ4v) is 1.79. The predicted molar refractivity (Wildman–Crippen MR) is 52.0 cm³/mol. The first-order valence-corrected chi connectivity index (χ1v) is 4.58. The summed E-state index contributed by atoms with van der Waals surface area (Å²) in [6.07, 6.45) is 5.67. The molecule has 72 valence electrons. The monoisotopic (exact) mass is 210 g/mol. The predicted octanol–water partition coefficient (Wildman–Crippen LogP) is 1.74. The van der Waals surface area contributed by atoms with Crippen LogP contribution < -0.4 is 10.1 Å². The number of carbonyl (C=O) groups is 1. The lowest BCUT2D eigenvalue weighted by Crippen LogP contribution is -2.02. The minimum absolute atomic E-state index is 0.138. The Hall–Kier alpha value is -1.82. The van der Waals surface area contributed by atoms with Crippen LogP contribution in [0.15, 0.2) is 12.4 Å². The van der Waals surface area contributed by atoms with Gasteiger partial charge in [-0.2, -0.15) is 0 Å². The van der Waals surface area contributed by atoms with Crippen LogP contribution in [-0.4, -0.2) is 16.2 Å². The highest BCUT2D eigenvalue weighted by Crippen LogP contribution is 2.27. The van der Waals surface area contributed by atoms with Gasteiger partial charge in [-0.1, -0.05) is 11.3 Å². The Bertz CT molecular complexity index is 393. The molecule has 0 radical (unpaired) electrons. The Morgan fingerprint density at radius 1 is 1.50 bits per heavy atom. The first kappa shape index (κ1) is 8.76. The second kappa shape index (κ2) is 3.51. The zero-order chi connectivity index (χ0) is 9.97. The van der Waals surface area contributed by atoms with E-state index in [4.69, 9.17) is 5.11 Å². The SMILES string of the molecule is O=C(O)Oc1nc2c(s1)C=CNC=C2. The highest BCUT2D eigenvalue weighted by atomic mass is 32.1. The lowest BCUT2D eigenvalue weighted by atomic mass is 10.3. The summed E-state index contributed by atoms with van der Waals surface area (Å²) < 4.78 is 4.44. The highest BCUT2D eigenvalue weighted by Gasteiger charge is 2.11. The molecule has 0 unspecified atom stereocenters. The molecule has 0 saturated carbocycles. The maximum absolute atomic E-state index is 10.2. The van der Waals surface area contributed by atoms with Crippen molar-refractivity contribution in [1.82, 2.24) is 10.3 Å². The van der Waals surface area contributed by atoms with Gasteiger partial charge in [0, 0.05) is 12.4 Å². The first-order chi connectivity index (χ1) is 6.75. The van der Waals surface area contributed by atoms with Crippen molar-refractivity contribution in [3.63, 3.8) is 0 Å². The molecule has 1 aromatic heterocycles. The van der Waals surface area contributed by atoms with E-state index in [-0.39, 0.29) is 5.19 Å². The summed E-state index contributed by atoms with van der Waals surface area (Å²) in [6, 6.07) is 0. The van der Waals surface area contributed by atoms with Crippen LogP contribution in [0.2, 0.25) is 0 Å². The lowest BCUT2D eigenvalue weighted by molar-refractivity contribution is 0.144. The van der Waals surface area contributed by atoms with Crippen molar-refractivity contribution in [3.8, 4) is 5.19 Å². The van der Waals surface area contributed by atoms with Crippen LogP contribution in [-0.2, 0) is 0 Å². The molecular formula is C8H6N2O3S. The van der Waals surface area contributed by atoms with Crippen LogP contribution in [0.25, 0.3) is 12.2 Å². The van der Waals surface area contributed by atoms with Gasteiger partial charge in [0.2, 0.25) is 0 Å². The summed E-state index contributed by atoms with van der Waals surface area (Å²) in [6.45, 7) is 0. The zero-order valence-corrected chi connectivity index (χ0v) is 7.75. The number of nitrogens with zero attached hydrogens (tertiary/aromatic N) is 1. The van der Waals surface area contributed by atoms with E-state index in [0.717, 1.165) is 4.88 Å². The van der Waals surface area contributed by atoms with Crippen LogP contribution >= 0.6 is 11.3 Å². The molecule has 0 aliphatic carbocycles. The lowest BCUT2D eigenvalue weighted by Gasteiger charge is -1.89. The van der Waals surface area contributed by atoms with E-state index in [2.05, 4.69) is 15.0 Å². The number of nitrogens with one attached hydrogen (secondary N) is 1. The maximum Gasteiger partial charge on any atom is 0.513 e. The van der Waals surface area contributed by atoms with Crippen LogP contribution in [0, 0.1) is 0 Å². The van der Waals surface area contributed by atoms with Gasteiger partial charge in [-0.25, -0.2) is 9.78 Å². The zero-order valence-electron chi connectivity index (χ0n) is 6.93. The molecule has 0 fully saturated rings. The Morgan fingerprint density at radius 2 is 2.29 bits per heavy atom. The van der Waals surface area contributed by atoms with Crippen LogP contribution in [0.4, 0.5) is 4.79 Å². The average Bonchev–Trinajstić information content (AvgIpc) is 2.34. The van der Waals surface area contributed by atoms with Crippen LogP contribution in [0.1, 0.15) is 10.6 Å². The van der Waals surface area contributed by atoms with Crippen LogP contribution in [0.5, 0.6) is 5.19 Å². The van der Waals surface area contributed by atoms with E-state index in [9.17, 15) is 4.79 Å². The molecule has 6 heteroatoms. The minimum atomic E-state index is -1.35. The molecule has 0 saturated heterocycles. The summed E-state index contributed by atoms with van der Waals surface area (Å²) in [5, 5.41) is 11.4. The molecular weight excluding hydrogens is 204 g/mol. The highest BCUT2D eigenvalue weighted by molar-refractivity contribution is 7.14. The van der Waals surface area contributed by atoms with Crippen molar-refractivity contribution >= 4 is 29.6 Å². The minimum Gasteiger partial charge on any atom is -0.449 e. The van der Waals surface area contributed by atoms with Gasteiger partial charge >= 0.3 is 6.16 Å². The third-order valence-corrected chi connectivity index (χ3v) is 2.42. The van der Waals surface area contributed by atoms with Crippen molar-refractivity contribution < 1.29 is 14.6 Å². The van der Waals surface area contributed by atoms with E-state index in [1.807, 2.05) is 6.08 Å². The Balaban J connectivity index is 2.32. The van der Waals surface area contributed by atoms with E-state index in [1.54, 1.807) is 18.5 Å². The average molecular weight is 210 g/mol. The molecule has 0 atom stereocenters. The van der Waals surface area contributed by atoms with Crippen molar-refractivity contribution in [2.24, 2.45) is 0 Å². The summed E-state index contributed by atoms with van der Waals surface area (Å²) in [5.41, 5.74) is 0.701. The molecule has 5 nitrogen and oxygen atoms in total. The number of fused-ring (bicyclic) bond motifs is 1. The molecule has 1 aliphatic rings. The van der Waals surface area contributed by atoms with E-state index in [0.29, 0.717) is 5.69 Å². The van der Waals surface area contributed by atoms with Crippen molar-refractivity contribution in [2.45, 2.75) is 0 Å². The smallest absolute Gasteiger partial charge is 0.449 e. The molecule has 2 heterocycles. The molecule has 0 amide bonds. The van der Waals surface area contributed by atoms with Gasteiger partial charge in [-0.15, -0.1) is 0 Å². The van der Waals surface area contributed by atoms with Gasteiger partial charge in [0.05, 0.1) is 10.6 Å². The van der Waals surface area contributed by atoms with Crippen LogP contribution in [0.3, 0.4) is 0 Å². The molecule has 14 heavy (non-hydrogen) atoms. The van der Waals surface area contributed by atoms with Crippen molar-refractivity contribution in [1.29, 1.82) is 0 Å². The fourth-order valence-electron chi connectivity index (χ4n) is 0.986. The molecule has 2 N–H and O–H groups in total. The fraction of sp³-hybridized carbons (Fsp3) is 0. The van der Waals surface area contributed by atoms with Gasteiger partial charge in [0.25, 0.3) is 5.19 Å². The second-order valence-corrected chi connectivity index (χ2v) is 3.42. The Morgan fingerprint density at radius 3 is 3.07 bits per heavy atom. The third-order valence-electron chi connectivity index (χ3n) is 1.50. The van der Waals surface area contributed by atoms with Gasteiger partial charge < -0.3 is 15.2 Å². The molecule has 0 spiro atoms. The van der Waals surface area contributed by atoms with Gasteiger partial charge in [0.1, 0.15) is 0 Å². The topological polar surface area (TPSA) is 71.5 Å². The summed E-state index contributed by atoms with van der Waals surface area (Å²) in [5.74, 6) is 0. The Kier molecular flexibility index (Phi) is 2.19. The van der Waals surface area contributed by atoms with Gasteiger partial charge in [-0.3, -0.25) is 0 Å². The van der Waals surface area contributed by atoms with E-state index >= 15 is 0 Å². The molecule has 0 bridgehead atoms. The molecule has 1 aliphatic heterocycles. The van der Waals surface area contributed by atoms with Crippen molar-refractivity contribution in [2.75, 3.05) is 0 Å². The van der Waals surface area contributed by atoms with Gasteiger partial charge in [0.15, 0.2) is 0 Å². The number of rotatable bonds is 1. The normalized spacial score (nSPS) is 12.9. The van der Waals surface area contributed by atoms with Crippen molar-refractivity contribution in [3.05, 3.63) is 23.0 Å². The Labute approximate surface area is 83.4 Å². The summed E-state index contributed by atoms with van der Waals surface area (Å²) >= 11 is 1.18. The number of ether oxygens (including phenoxy) is 1. The maximum atomic E-state index is 10.2. The number of hydrogen-bond acceptors (Lipinski definition) is 5. The van der Waals surface area contributed by atoms with Gasteiger partial charge in [-0.05, 0) is 12.2 Å². The number of thiazole rings is 1. The first-order valence-electron chi connectivity index (χ1n) is 3.76. The molecule has 1 aromatic rings. The molecule has 2 rings (SSSR count). The number of hydrogen-bond donors (Lipinski definition) is 2. The van der Waals surface area contributed by atoms with E-state index in [1.165, 1.54) is 11.3 Å². The summed E-state index contributed by atoms with van der Waals surface area (Å²) in [7, 11) is 0. The summed E-state index contributed by atoms with van der Waals surface area (Å²) in [4.78, 5) is 15.1. The standard InChI is InChI=1S/C8H6N2O3S/c11-8(12)13-7-10-5-1-3-9-4-2-6(5)14-7/h1-4,9H,(H,11,12).